The Morgan fingerprint density at radius 2 is 2.06 bits per heavy atom. The van der Waals surface area contributed by atoms with E-state index in [9.17, 15) is 8.42 Å². The van der Waals surface area contributed by atoms with Crippen LogP contribution in [0.25, 0.3) is 11.3 Å². The number of pyridine rings is 1. The van der Waals surface area contributed by atoms with Crippen LogP contribution in [0.5, 0.6) is 0 Å². The lowest BCUT2D eigenvalue weighted by molar-refractivity contribution is 0.602. The third-order valence-corrected chi connectivity index (χ3v) is 3.49. The molecule has 0 bridgehead atoms. The molecule has 2 aromatic heterocycles. The van der Waals surface area contributed by atoms with Crippen LogP contribution in [0, 0.1) is 0 Å². The van der Waals surface area contributed by atoms with Gasteiger partial charge in [-0.2, -0.15) is 5.10 Å². The first-order valence-corrected chi connectivity index (χ1v) is 6.72. The van der Waals surface area contributed by atoms with Gasteiger partial charge in [0.2, 0.25) is 10.0 Å². The highest BCUT2D eigenvalue weighted by Crippen LogP contribution is 2.18. The van der Waals surface area contributed by atoms with Crippen molar-refractivity contribution in [3.8, 4) is 11.3 Å². The van der Waals surface area contributed by atoms with E-state index in [0.29, 0.717) is 5.82 Å². The molecule has 0 saturated heterocycles. The van der Waals surface area contributed by atoms with Gasteiger partial charge in [0.25, 0.3) is 0 Å². The van der Waals surface area contributed by atoms with Crippen LogP contribution in [0.3, 0.4) is 0 Å². The van der Waals surface area contributed by atoms with E-state index in [4.69, 9.17) is 0 Å². The molecule has 0 amide bonds. The standard InChI is InChI=1S/C10H12N4O2S/c1-2-17(15,16)14-10-7-9(12-13-10)8-3-5-11-6-4-8/h3-7H,2H2,1H3,(H2,12,13,14). The molecular formula is C10H12N4O2S. The molecule has 17 heavy (non-hydrogen) atoms. The Balaban J connectivity index is 2.23. The van der Waals surface area contributed by atoms with Crippen molar-refractivity contribution in [3.05, 3.63) is 30.6 Å². The third-order valence-electron chi connectivity index (χ3n) is 2.21. The quantitative estimate of drug-likeness (QED) is 0.856. The molecule has 90 valence electrons. The second kappa shape index (κ2) is 4.54. The minimum atomic E-state index is -3.29. The largest absolute Gasteiger partial charge is 0.276 e. The van der Waals surface area contributed by atoms with Crippen LogP contribution in [-0.4, -0.2) is 29.4 Å². The number of aromatic nitrogens is 3. The van der Waals surface area contributed by atoms with Crippen molar-refractivity contribution in [3.63, 3.8) is 0 Å². The minimum Gasteiger partial charge on any atom is -0.276 e. The summed E-state index contributed by atoms with van der Waals surface area (Å²) in [6.45, 7) is 1.57. The van der Waals surface area contributed by atoms with Crippen molar-refractivity contribution in [2.45, 2.75) is 6.92 Å². The van der Waals surface area contributed by atoms with Crippen molar-refractivity contribution in [2.75, 3.05) is 10.5 Å². The molecule has 2 N–H and O–H groups in total. The van der Waals surface area contributed by atoms with Crippen molar-refractivity contribution in [1.82, 2.24) is 15.2 Å². The van der Waals surface area contributed by atoms with Gasteiger partial charge in [0, 0.05) is 24.0 Å². The average Bonchev–Trinajstić information content (AvgIpc) is 2.78. The molecular weight excluding hydrogens is 240 g/mol. The minimum absolute atomic E-state index is 0.0183. The molecule has 0 radical (unpaired) electrons. The normalized spacial score (nSPS) is 11.4. The fraction of sp³-hybridized carbons (Fsp3) is 0.200. The number of anilines is 1. The SMILES string of the molecule is CCS(=O)(=O)Nc1cc(-c2ccncc2)[nH]n1. The summed E-state index contributed by atoms with van der Waals surface area (Å²) in [7, 11) is -3.29. The summed E-state index contributed by atoms with van der Waals surface area (Å²) in [6, 6.07) is 5.26. The van der Waals surface area contributed by atoms with Crippen LogP contribution in [0.1, 0.15) is 6.92 Å². The summed E-state index contributed by atoms with van der Waals surface area (Å²) in [5.74, 6) is 0.309. The first-order valence-electron chi connectivity index (χ1n) is 5.07. The summed E-state index contributed by atoms with van der Waals surface area (Å²) in [5.41, 5.74) is 1.63. The smallest absolute Gasteiger partial charge is 0.233 e. The summed E-state index contributed by atoms with van der Waals surface area (Å²) in [5, 5.41) is 6.65. The maximum absolute atomic E-state index is 11.3. The number of rotatable bonds is 4. The number of hydrogen-bond donors (Lipinski definition) is 2. The Bertz CT molecular complexity index is 592. The number of nitrogens with zero attached hydrogens (tertiary/aromatic N) is 2. The van der Waals surface area contributed by atoms with E-state index in [2.05, 4.69) is 19.9 Å². The molecule has 0 fully saturated rings. The van der Waals surface area contributed by atoms with E-state index in [1.54, 1.807) is 25.4 Å². The fourth-order valence-electron chi connectivity index (χ4n) is 1.28. The van der Waals surface area contributed by atoms with E-state index >= 15 is 0 Å². The summed E-state index contributed by atoms with van der Waals surface area (Å²) >= 11 is 0. The molecule has 0 aromatic carbocycles. The zero-order valence-corrected chi connectivity index (χ0v) is 10.0. The average molecular weight is 252 g/mol. The molecule has 0 saturated carbocycles. The van der Waals surface area contributed by atoms with Gasteiger partial charge in [0.05, 0.1) is 11.4 Å². The fourth-order valence-corrected chi connectivity index (χ4v) is 1.85. The van der Waals surface area contributed by atoms with Gasteiger partial charge in [-0.15, -0.1) is 0 Å². The predicted octanol–water partition coefficient (Wildman–Crippen LogP) is 1.23. The van der Waals surface area contributed by atoms with Gasteiger partial charge in [0.15, 0.2) is 5.82 Å². The molecule has 2 aromatic rings. The van der Waals surface area contributed by atoms with Gasteiger partial charge in [-0.1, -0.05) is 0 Å². The zero-order chi connectivity index (χ0) is 12.3. The number of sulfonamides is 1. The molecule has 0 atom stereocenters. The molecule has 6 nitrogen and oxygen atoms in total. The Morgan fingerprint density at radius 3 is 2.71 bits per heavy atom. The predicted molar refractivity (Wildman–Crippen MR) is 64.9 cm³/mol. The van der Waals surface area contributed by atoms with E-state index in [0.717, 1.165) is 11.3 Å². The molecule has 0 aliphatic carbocycles. The lowest BCUT2D eigenvalue weighted by atomic mass is 10.2. The molecule has 0 aliphatic heterocycles. The molecule has 2 heterocycles. The molecule has 7 heteroatoms. The molecule has 0 unspecified atom stereocenters. The van der Waals surface area contributed by atoms with Gasteiger partial charge in [-0.25, -0.2) is 8.42 Å². The molecule has 2 rings (SSSR count). The van der Waals surface area contributed by atoms with E-state index in [1.807, 2.05) is 12.1 Å². The zero-order valence-electron chi connectivity index (χ0n) is 9.21. The van der Waals surface area contributed by atoms with Crippen molar-refractivity contribution in [1.29, 1.82) is 0 Å². The summed E-state index contributed by atoms with van der Waals surface area (Å²) < 4.78 is 25.1. The Morgan fingerprint density at radius 1 is 1.35 bits per heavy atom. The monoisotopic (exact) mass is 252 g/mol. The molecule has 0 spiro atoms. The topological polar surface area (TPSA) is 87.7 Å². The highest BCUT2D eigenvalue weighted by atomic mass is 32.2. The van der Waals surface area contributed by atoms with E-state index < -0.39 is 10.0 Å². The maximum Gasteiger partial charge on any atom is 0.233 e. The van der Waals surface area contributed by atoms with E-state index in [1.165, 1.54) is 0 Å². The number of aromatic amines is 1. The highest BCUT2D eigenvalue weighted by molar-refractivity contribution is 7.92. The van der Waals surface area contributed by atoms with Gasteiger partial charge < -0.3 is 0 Å². The second-order valence-electron chi connectivity index (χ2n) is 3.41. The van der Waals surface area contributed by atoms with Crippen LogP contribution in [0.2, 0.25) is 0 Å². The number of nitrogens with one attached hydrogen (secondary N) is 2. The first kappa shape index (κ1) is 11.6. The number of hydrogen-bond acceptors (Lipinski definition) is 4. The summed E-state index contributed by atoms with van der Waals surface area (Å²) in [4.78, 5) is 3.90. The van der Waals surface area contributed by atoms with Gasteiger partial charge in [-0.3, -0.25) is 14.8 Å². The van der Waals surface area contributed by atoms with Crippen LogP contribution >= 0.6 is 0 Å². The van der Waals surface area contributed by atoms with Crippen LogP contribution in [0.15, 0.2) is 30.6 Å². The molecule has 0 aliphatic rings. The van der Waals surface area contributed by atoms with Crippen molar-refractivity contribution >= 4 is 15.8 Å². The van der Waals surface area contributed by atoms with Gasteiger partial charge in [-0.05, 0) is 19.1 Å². The van der Waals surface area contributed by atoms with E-state index in [-0.39, 0.29) is 5.75 Å². The first-order chi connectivity index (χ1) is 8.11. The van der Waals surface area contributed by atoms with Gasteiger partial charge in [0.1, 0.15) is 0 Å². The number of H-pyrrole nitrogens is 1. The Kier molecular flexibility index (Phi) is 3.10. The van der Waals surface area contributed by atoms with Crippen molar-refractivity contribution in [2.24, 2.45) is 0 Å². The highest BCUT2D eigenvalue weighted by Gasteiger charge is 2.10. The van der Waals surface area contributed by atoms with Crippen LogP contribution in [-0.2, 0) is 10.0 Å². The lowest BCUT2D eigenvalue weighted by Crippen LogP contribution is -2.14. The van der Waals surface area contributed by atoms with Crippen molar-refractivity contribution < 1.29 is 8.42 Å². The lowest BCUT2D eigenvalue weighted by Gasteiger charge is -2.00. The Labute approximate surface area is 99.1 Å². The third kappa shape index (κ3) is 2.82. The van der Waals surface area contributed by atoms with Crippen LogP contribution in [0.4, 0.5) is 5.82 Å². The summed E-state index contributed by atoms with van der Waals surface area (Å²) in [6.07, 6.45) is 3.32. The Hall–Kier alpha value is -1.89. The van der Waals surface area contributed by atoms with Gasteiger partial charge >= 0.3 is 0 Å². The maximum atomic E-state index is 11.3. The van der Waals surface area contributed by atoms with Crippen LogP contribution < -0.4 is 4.72 Å². The second-order valence-corrected chi connectivity index (χ2v) is 5.42.